The lowest BCUT2D eigenvalue weighted by Crippen LogP contribution is -2.73. The highest BCUT2D eigenvalue weighted by Crippen LogP contribution is 2.51. The fourth-order valence-corrected chi connectivity index (χ4v) is 17.2. The second-order valence-electron chi connectivity index (χ2n) is 18.8. The Balaban J connectivity index is 1.07. The van der Waals surface area contributed by atoms with E-state index in [4.69, 9.17) is 4.42 Å². The Morgan fingerprint density at radius 2 is 0.841 bits per heavy atom. The minimum Gasteiger partial charge on any atom is -0.456 e. The molecule has 0 amide bonds. The summed E-state index contributed by atoms with van der Waals surface area (Å²) in [6, 6.07) is 75.7. The van der Waals surface area contributed by atoms with Crippen LogP contribution in [0.1, 0.15) is 49.9 Å². The van der Waals surface area contributed by atoms with Crippen molar-refractivity contribution < 1.29 is 4.42 Å². The third-order valence-corrected chi connectivity index (χ3v) is 19.8. The number of benzene rings is 9. The van der Waals surface area contributed by atoms with Gasteiger partial charge in [0.05, 0.1) is 0 Å². The number of furan rings is 1. The molecule has 13 rings (SSSR count). The summed E-state index contributed by atoms with van der Waals surface area (Å²) < 4.78 is 6.39. The quantitative estimate of drug-likeness (QED) is 0.161. The van der Waals surface area contributed by atoms with Crippen LogP contribution in [0, 0.1) is 0 Å². The molecule has 0 bridgehead atoms. The number of hydrogen-bond donors (Lipinski definition) is 0. The van der Waals surface area contributed by atoms with E-state index in [0.29, 0.717) is 0 Å². The van der Waals surface area contributed by atoms with Gasteiger partial charge in [-0.15, -0.1) is 0 Å². The lowest BCUT2D eigenvalue weighted by atomic mass is 9.82. The Morgan fingerprint density at radius 1 is 0.349 bits per heavy atom. The molecule has 2 aliphatic carbocycles. The largest absolute Gasteiger partial charge is 0.456 e. The molecule has 0 unspecified atom stereocenters. The average Bonchev–Trinajstić information content (AvgIpc) is 3.99. The normalized spacial score (nSPS) is 15.4. The van der Waals surface area contributed by atoms with Crippen LogP contribution in [-0.2, 0) is 10.8 Å². The molecule has 2 heterocycles. The predicted molar refractivity (Wildman–Crippen MR) is 266 cm³/mol. The molecule has 0 N–H and O–H groups in total. The van der Waals surface area contributed by atoms with Crippen LogP contribution in [0.2, 0.25) is 0 Å². The smallest absolute Gasteiger partial charge is 0.180 e. The van der Waals surface area contributed by atoms with Crippen molar-refractivity contribution in [1.82, 2.24) is 0 Å². The van der Waals surface area contributed by atoms with Gasteiger partial charge in [0.25, 0.3) is 0 Å². The monoisotopic (exact) mass is 823 g/mol. The van der Waals surface area contributed by atoms with E-state index in [0.717, 1.165) is 39.0 Å². The Labute approximate surface area is 369 Å². The minimum absolute atomic E-state index is 0.120. The van der Waals surface area contributed by atoms with Crippen LogP contribution in [0.3, 0.4) is 0 Å². The molecule has 1 aromatic heterocycles. The molecular weight excluding hydrogens is 779 g/mol. The Morgan fingerprint density at radius 3 is 1.54 bits per heavy atom. The molecule has 0 saturated heterocycles. The van der Waals surface area contributed by atoms with Gasteiger partial charge in [-0.25, -0.2) is 0 Å². The maximum absolute atomic E-state index is 6.39. The van der Waals surface area contributed by atoms with Gasteiger partial charge in [-0.2, -0.15) is 0 Å². The van der Waals surface area contributed by atoms with Gasteiger partial charge >= 0.3 is 0 Å². The van der Waals surface area contributed by atoms with Gasteiger partial charge in [0.1, 0.15) is 11.2 Å². The molecule has 0 fully saturated rings. The molecule has 0 spiro atoms. The van der Waals surface area contributed by atoms with Crippen LogP contribution in [0.15, 0.2) is 205 Å². The minimum atomic E-state index is -2.91. The Bertz CT molecular complexity index is 3510. The first-order chi connectivity index (χ1) is 30.7. The standard InChI is InChI=1S/C60H45NOSi/c1-59(2)51-23-10-5-18-43(51)45-31-28-40(36-53(45)59)61(39-29-33-56-50(35-39)47-20-7-12-25-55(47)62-56)38-16-15-17-41(34-38)63(57-26-13-8-21-48(57)49-22-9-14-27-58(49)63)42-30-32-46-44-19-6-11-24-52(44)60(3,4)54(46)37-42/h5-37H,1-4H3. The van der Waals surface area contributed by atoms with E-state index >= 15 is 0 Å². The zero-order chi connectivity index (χ0) is 42.2. The summed E-state index contributed by atoms with van der Waals surface area (Å²) in [5.41, 5.74) is 18.5. The van der Waals surface area contributed by atoms with Gasteiger partial charge in [-0.3, -0.25) is 0 Å². The van der Waals surface area contributed by atoms with Gasteiger partial charge in [-0.1, -0.05) is 179 Å². The number of rotatable bonds is 5. The molecule has 63 heavy (non-hydrogen) atoms. The van der Waals surface area contributed by atoms with Crippen LogP contribution in [0.4, 0.5) is 17.1 Å². The molecule has 9 aromatic carbocycles. The maximum atomic E-state index is 6.39. The molecular formula is C60H45NOSi. The van der Waals surface area contributed by atoms with Crippen LogP contribution in [0.25, 0.3) is 55.3 Å². The molecule has 10 aromatic rings. The molecule has 0 radical (unpaired) electrons. The summed E-state index contributed by atoms with van der Waals surface area (Å²) in [7, 11) is -2.91. The van der Waals surface area contributed by atoms with Gasteiger partial charge in [-0.05, 0) is 125 Å². The van der Waals surface area contributed by atoms with Crippen LogP contribution >= 0.6 is 0 Å². The van der Waals surface area contributed by atoms with Crippen molar-refractivity contribution in [3.8, 4) is 33.4 Å². The summed E-state index contributed by atoms with van der Waals surface area (Å²) in [6.45, 7) is 9.55. The van der Waals surface area contributed by atoms with Gasteiger partial charge < -0.3 is 9.32 Å². The third kappa shape index (κ3) is 4.89. The zero-order valence-corrected chi connectivity index (χ0v) is 36.9. The van der Waals surface area contributed by atoms with Crippen LogP contribution in [-0.4, -0.2) is 8.07 Å². The van der Waals surface area contributed by atoms with Gasteiger partial charge in [0, 0.05) is 38.7 Å². The summed E-state index contributed by atoms with van der Waals surface area (Å²) >= 11 is 0. The lowest BCUT2D eigenvalue weighted by molar-refractivity contribution is 0.660. The fourth-order valence-electron chi connectivity index (χ4n) is 12.0. The number of fused-ring (bicyclic) bond motifs is 12. The van der Waals surface area contributed by atoms with Crippen molar-refractivity contribution in [1.29, 1.82) is 0 Å². The summed E-state index contributed by atoms with van der Waals surface area (Å²) in [5, 5.41) is 7.94. The van der Waals surface area contributed by atoms with E-state index in [2.05, 4.69) is 227 Å². The molecule has 0 atom stereocenters. The first-order valence-electron chi connectivity index (χ1n) is 22.3. The van der Waals surface area contributed by atoms with E-state index in [1.807, 2.05) is 6.07 Å². The van der Waals surface area contributed by atoms with E-state index < -0.39 is 8.07 Å². The third-order valence-electron chi connectivity index (χ3n) is 14.9. The van der Waals surface area contributed by atoms with E-state index in [1.54, 1.807) is 0 Å². The van der Waals surface area contributed by atoms with E-state index in [-0.39, 0.29) is 10.8 Å². The first kappa shape index (κ1) is 36.5. The highest BCUT2D eigenvalue weighted by atomic mass is 28.3. The van der Waals surface area contributed by atoms with Crippen molar-refractivity contribution in [2.45, 2.75) is 38.5 Å². The van der Waals surface area contributed by atoms with Crippen molar-refractivity contribution in [2.24, 2.45) is 0 Å². The molecule has 1 aliphatic heterocycles. The average molecular weight is 824 g/mol. The summed E-state index contributed by atoms with van der Waals surface area (Å²) in [5.74, 6) is 0. The maximum Gasteiger partial charge on any atom is 0.180 e. The molecule has 3 heteroatoms. The zero-order valence-electron chi connectivity index (χ0n) is 35.9. The number of para-hydroxylation sites is 1. The van der Waals surface area contributed by atoms with E-state index in [9.17, 15) is 0 Å². The molecule has 3 aliphatic rings. The SMILES string of the molecule is CC1(C)c2ccccc2-c2ccc(N(c3cccc([Si]4(c5ccc6c(c5)C(C)(C)c5ccccc5-6)c5ccccc5-c5ccccc54)c3)c3ccc4oc5ccccc5c4c3)cc21. The second-order valence-corrected chi connectivity index (χ2v) is 22.6. The summed E-state index contributed by atoms with van der Waals surface area (Å²) in [4.78, 5) is 2.49. The van der Waals surface area contributed by atoms with Crippen molar-refractivity contribution >= 4 is 67.8 Å². The Hall–Kier alpha value is -7.20. The van der Waals surface area contributed by atoms with Crippen LogP contribution in [0.5, 0.6) is 0 Å². The molecule has 0 saturated carbocycles. The summed E-state index contributed by atoms with van der Waals surface area (Å²) in [6.07, 6.45) is 0. The second kappa shape index (κ2) is 12.9. The van der Waals surface area contributed by atoms with Crippen molar-refractivity contribution in [3.63, 3.8) is 0 Å². The number of nitrogens with zero attached hydrogens (tertiary/aromatic N) is 1. The Kier molecular flexibility index (Phi) is 7.47. The highest BCUT2D eigenvalue weighted by molar-refractivity contribution is 7.22. The lowest BCUT2D eigenvalue weighted by Gasteiger charge is -2.34. The topological polar surface area (TPSA) is 16.4 Å². The molecule has 2 nitrogen and oxygen atoms in total. The van der Waals surface area contributed by atoms with Crippen molar-refractivity contribution in [2.75, 3.05) is 4.90 Å². The van der Waals surface area contributed by atoms with E-state index in [1.165, 1.54) is 76.4 Å². The number of hydrogen-bond acceptors (Lipinski definition) is 2. The van der Waals surface area contributed by atoms with Crippen molar-refractivity contribution in [3.05, 3.63) is 222 Å². The highest BCUT2D eigenvalue weighted by Gasteiger charge is 2.50. The van der Waals surface area contributed by atoms with Gasteiger partial charge in [0.2, 0.25) is 0 Å². The first-order valence-corrected chi connectivity index (χ1v) is 24.3. The fraction of sp³-hybridized carbons (Fsp3) is 0.100. The predicted octanol–water partition coefficient (Wildman–Crippen LogP) is 13.0. The van der Waals surface area contributed by atoms with Gasteiger partial charge in [0.15, 0.2) is 8.07 Å². The number of anilines is 3. The van der Waals surface area contributed by atoms with Crippen LogP contribution < -0.4 is 25.6 Å². The molecule has 300 valence electrons.